The molecule has 0 aliphatic heterocycles. The molecule has 0 radical (unpaired) electrons. The average molecular weight is 532 g/mol. The van der Waals surface area contributed by atoms with Crippen molar-refractivity contribution in [1.29, 1.82) is 0 Å². The molecule has 1 atom stereocenters. The van der Waals surface area contributed by atoms with E-state index in [1.807, 2.05) is 0 Å². The summed E-state index contributed by atoms with van der Waals surface area (Å²) in [6.07, 6.45) is 2.90. The molecule has 2 heterocycles. The molecule has 38 heavy (non-hydrogen) atoms. The first-order valence-electron chi connectivity index (χ1n) is 11.3. The SMILES string of the molecule is [O-][n+]1ccc(CC(c2ccc(OC(F)F)c(OC(F)F)c2)c2cccc(OCc3ccc(F)cc3)n2)cc1. The third-order valence-electron chi connectivity index (χ3n) is 5.52. The van der Waals surface area contributed by atoms with Gasteiger partial charge >= 0.3 is 13.2 Å². The van der Waals surface area contributed by atoms with Crippen LogP contribution in [-0.4, -0.2) is 18.2 Å². The Morgan fingerprint density at radius 1 is 0.789 bits per heavy atom. The molecule has 11 heteroatoms. The van der Waals surface area contributed by atoms with E-state index < -0.39 is 30.6 Å². The summed E-state index contributed by atoms with van der Waals surface area (Å²) in [5.41, 5.74) is 2.34. The van der Waals surface area contributed by atoms with Crippen LogP contribution in [0.5, 0.6) is 17.4 Å². The van der Waals surface area contributed by atoms with Crippen LogP contribution in [0.3, 0.4) is 0 Å². The van der Waals surface area contributed by atoms with Crippen molar-refractivity contribution in [3.8, 4) is 17.4 Å². The van der Waals surface area contributed by atoms with Gasteiger partial charge in [-0.25, -0.2) is 9.37 Å². The average Bonchev–Trinajstić information content (AvgIpc) is 2.89. The number of aromatic nitrogens is 2. The topological polar surface area (TPSA) is 67.5 Å². The minimum atomic E-state index is -3.27. The van der Waals surface area contributed by atoms with Crippen molar-refractivity contribution in [2.75, 3.05) is 0 Å². The van der Waals surface area contributed by atoms with Crippen LogP contribution in [0.25, 0.3) is 0 Å². The molecule has 4 rings (SSSR count). The van der Waals surface area contributed by atoms with Gasteiger partial charge in [-0.1, -0.05) is 24.3 Å². The Morgan fingerprint density at radius 2 is 1.47 bits per heavy atom. The summed E-state index contributed by atoms with van der Waals surface area (Å²) in [4.78, 5) is 4.55. The fraction of sp³-hybridized carbons (Fsp3) is 0.185. The number of benzene rings is 2. The first kappa shape index (κ1) is 26.6. The summed E-state index contributed by atoms with van der Waals surface area (Å²) in [6.45, 7) is -6.39. The summed E-state index contributed by atoms with van der Waals surface area (Å²) >= 11 is 0. The van der Waals surface area contributed by atoms with Gasteiger partial charge < -0.3 is 19.4 Å². The fourth-order valence-corrected chi connectivity index (χ4v) is 3.77. The summed E-state index contributed by atoms with van der Waals surface area (Å²) in [5.74, 6) is -1.80. The maximum atomic E-state index is 13.2. The van der Waals surface area contributed by atoms with Crippen molar-refractivity contribution in [2.45, 2.75) is 32.2 Å². The van der Waals surface area contributed by atoms with Crippen molar-refractivity contribution in [2.24, 2.45) is 0 Å². The Bertz CT molecular complexity index is 1340. The van der Waals surface area contributed by atoms with Crippen LogP contribution in [0, 0.1) is 11.0 Å². The number of hydrogen-bond donors (Lipinski definition) is 0. The number of ether oxygens (including phenoxy) is 3. The van der Waals surface area contributed by atoms with Crippen LogP contribution in [0.15, 0.2) is 85.2 Å². The van der Waals surface area contributed by atoms with Crippen molar-refractivity contribution in [1.82, 2.24) is 4.98 Å². The van der Waals surface area contributed by atoms with Gasteiger partial charge in [0, 0.05) is 24.1 Å². The minimum Gasteiger partial charge on any atom is -0.619 e. The van der Waals surface area contributed by atoms with E-state index in [9.17, 15) is 27.2 Å². The highest BCUT2D eigenvalue weighted by atomic mass is 19.3. The molecule has 0 aliphatic rings. The van der Waals surface area contributed by atoms with E-state index in [1.165, 1.54) is 36.7 Å². The molecular formula is C27H21F5N2O4. The van der Waals surface area contributed by atoms with E-state index in [-0.39, 0.29) is 24.7 Å². The molecule has 0 saturated heterocycles. The summed E-state index contributed by atoms with van der Waals surface area (Å²) in [7, 11) is 0. The van der Waals surface area contributed by atoms with Gasteiger partial charge in [0.05, 0.1) is 5.69 Å². The highest BCUT2D eigenvalue weighted by Crippen LogP contribution is 2.36. The molecule has 0 aliphatic carbocycles. The molecule has 4 aromatic rings. The Balaban J connectivity index is 1.68. The zero-order valence-electron chi connectivity index (χ0n) is 19.6. The lowest BCUT2D eigenvalue weighted by Crippen LogP contribution is -2.24. The van der Waals surface area contributed by atoms with E-state index >= 15 is 0 Å². The Morgan fingerprint density at radius 3 is 2.16 bits per heavy atom. The van der Waals surface area contributed by atoms with Gasteiger partial charge in [-0.3, -0.25) is 0 Å². The molecule has 198 valence electrons. The highest BCUT2D eigenvalue weighted by Gasteiger charge is 2.22. The quantitative estimate of drug-likeness (QED) is 0.135. The lowest BCUT2D eigenvalue weighted by molar-refractivity contribution is -0.605. The number of alkyl halides is 4. The van der Waals surface area contributed by atoms with Gasteiger partial charge in [0.1, 0.15) is 12.4 Å². The van der Waals surface area contributed by atoms with Gasteiger partial charge in [0.15, 0.2) is 23.9 Å². The van der Waals surface area contributed by atoms with Crippen LogP contribution < -0.4 is 18.9 Å². The van der Waals surface area contributed by atoms with Crippen LogP contribution in [0.1, 0.15) is 28.3 Å². The van der Waals surface area contributed by atoms with E-state index in [2.05, 4.69) is 14.5 Å². The first-order valence-corrected chi connectivity index (χ1v) is 11.3. The normalized spacial score (nSPS) is 12.0. The molecule has 1 unspecified atom stereocenters. The summed E-state index contributed by atoms with van der Waals surface area (Å²) in [5, 5.41) is 11.5. The summed E-state index contributed by atoms with van der Waals surface area (Å²) in [6, 6.07) is 17.7. The lowest BCUT2D eigenvalue weighted by atomic mass is 9.89. The predicted octanol–water partition coefficient (Wildman–Crippen LogP) is 6.01. The zero-order valence-corrected chi connectivity index (χ0v) is 19.6. The third kappa shape index (κ3) is 7.31. The molecular weight excluding hydrogens is 511 g/mol. The molecule has 0 bridgehead atoms. The third-order valence-corrected chi connectivity index (χ3v) is 5.52. The second-order valence-electron chi connectivity index (χ2n) is 8.10. The smallest absolute Gasteiger partial charge is 0.387 e. The largest absolute Gasteiger partial charge is 0.619 e. The summed E-state index contributed by atoms with van der Waals surface area (Å²) < 4.78 is 80.0. The van der Waals surface area contributed by atoms with Crippen LogP contribution in [0.4, 0.5) is 22.0 Å². The molecule has 0 spiro atoms. The van der Waals surface area contributed by atoms with Crippen molar-refractivity contribution < 1.29 is 40.9 Å². The molecule has 0 N–H and O–H groups in total. The Labute approximate surface area is 214 Å². The number of halogens is 5. The number of nitrogens with zero attached hydrogens (tertiary/aromatic N) is 2. The molecule has 2 aromatic heterocycles. The lowest BCUT2D eigenvalue weighted by Gasteiger charge is -2.20. The minimum absolute atomic E-state index is 0.121. The van der Waals surface area contributed by atoms with E-state index in [0.29, 0.717) is 21.6 Å². The van der Waals surface area contributed by atoms with Gasteiger partial charge in [-0.15, -0.1) is 0 Å². The highest BCUT2D eigenvalue weighted by molar-refractivity contribution is 5.46. The molecule has 2 aromatic carbocycles. The maximum Gasteiger partial charge on any atom is 0.387 e. The van der Waals surface area contributed by atoms with E-state index in [1.54, 1.807) is 42.5 Å². The van der Waals surface area contributed by atoms with Gasteiger partial charge in [0.2, 0.25) is 5.88 Å². The Kier molecular flexibility index (Phi) is 8.57. The number of pyridine rings is 2. The monoisotopic (exact) mass is 532 g/mol. The van der Waals surface area contributed by atoms with Crippen molar-refractivity contribution in [3.63, 3.8) is 0 Å². The molecule has 6 nitrogen and oxygen atoms in total. The molecule has 0 saturated carbocycles. The zero-order chi connectivity index (χ0) is 27.1. The predicted molar refractivity (Wildman–Crippen MR) is 126 cm³/mol. The Hall–Kier alpha value is -4.41. The number of hydrogen-bond acceptors (Lipinski definition) is 5. The van der Waals surface area contributed by atoms with Crippen molar-refractivity contribution >= 4 is 0 Å². The molecule has 0 amide bonds. The maximum absolute atomic E-state index is 13.2. The van der Waals surface area contributed by atoms with Crippen LogP contribution >= 0.6 is 0 Å². The standard InChI is InChI=1S/C27H21F5N2O4/c28-20-7-4-18(5-8-20)16-36-25-3-1-2-22(33-25)21(14-17-10-12-34(35)13-11-17)19-6-9-23(37-26(29)30)24(15-19)38-27(31)32/h1-13,15,21,26-27H,14,16H2. The molecule has 0 fully saturated rings. The second-order valence-corrected chi connectivity index (χ2v) is 8.10. The van der Waals surface area contributed by atoms with E-state index in [0.717, 1.165) is 11.6 Å². The van der Waals surface area contributed by atoms with E-state index in [4.69, 9.17) is 4.74 Å². The first-order chi connectivity index (χ1) is 18.3. The fourth-order valence-electron chi connectivity index (χ4n) is 3.77. The number of rotatable bonds is 11. The van der Waals surface area contributed by atoms with Gasteiger partial charge in [-0.05, 0) is 53.4 Å². The van der Waals surface area contributed by atoms with Gasteiger partial charge in [-0.2, -0.15) is 22.3 Å². The van der Waals surface area contributed by atoms with Crippen LogP contribution in [0.2, 0.25) is 0 Å². The van der Waals surface area contributed by atoms with Crippen molar-refractivity contribution in [3.05, 3.63) is 119 Å². The van der Waals surface area contributed by atoms with Gasteiger partial charge in [0.25, 0.3) is 0 Å². The van der Waals surface area contributed by atoms with Crippen LogP contribution in [-0.2, 0) is 13.0 Å². The second kappa shape index (κ2) is 12.2.